The number of benzene rings is 1. The minimum absolute atomic E-state index is 0.182. The number of ether oxygens (including phenoxy) is 2. The van der Waals surface area contributed by atoms with Crippen molar-refractivity contribution in [3.05, 3.63) is 23.8 Å². The van der Waals surface area contributed by atoms with Gasteiger partial charge in [0.2, 0.25) is 0 Å². The van der Waals surface area contributed by atoms with Gasteiger partial charge in [-0.2, -0.15) is 0 Å². The Morgan fingerprint density at radius 3 is 2.63 bits per heavy atom. The number of rotatable bonds is 3. The highest BCUT2D eigenvalue weighted by atomic mass is 19.1. The third-order valence-electron chi connectivity index (χ3n) is 3.69. The summed E-state index contributed by atoms with van der Waals surface area (Å²) < 4.78 is 24.5. The Morgan fingerprint density at radius 1 is 1.16 bits per heavy atom. The fourth-order valence-electron chi connectivity index (χ4n) is 2.66. The first-order chi connectivity index (χ1) is 9.38. The van der Waals surface area contributed by atoms with Crippen molar-refractivity contribution in [2.75, 3.05) is 46.1 Å². The summed E-state index contributed by atoms with van der Waals surface area (Å²) in [7, 11) is 0. The molecule has 19 heavy (non-hydrogen) atoms. The van der Waals surface area contributed by atoms with E-state index in [1.165, 1.54) is 0 Å². The van der Waals surface area contributed by atoms with Crippen LogP contribution in [0.15, 0.2) is 18.2 Å². The van der Waals surface area contributed by atoms with Gasteiger partial charge in [0.1, 0.15) is 19.9 Å². The lowest BCUT2D eigenvalue weighted by Gasteiger charge is -2.34. The van der Waals surface area contributed by atoms with Gasteiger partial charge in [-0.25, -0.2) is 4.39 Å². The number of alkyl halides is 1. The molecule has 1 atom stereocenters. The highest BCUT2D eigenvalue weighted by Crippen LogP contribution is 2.34. The first-order valence-electron chi connectivity index (χ1n) is 6.79. The van der Waals surface area contributed by atoms with Crippen LogP contribution in [0.4, 0.5) is 4.39 Å². The predicted molar refractivity (Wildman–Crippen MR) is 70.6 cm³/mol. The third kappa shape index (κ3) is 2.67. The van der Waals surface area contributed by atoms with E-state index in [1.54, 1.807) is 0 Å². The average Bonchev–Trinajstić information content (AvgIpc) is 2.49. The van der Waals surface area contributed by atoms with Crippen molar-refractivity contribution in [1.29, 1.82) is 0 Å². The van der Waals surface area contributed by atoms with E-state index in [9.17, 15) is 4.39 Å². The number of fused-ring (bicyclic) bond motifs is 1. The van der Waals surface area contributed by atoms with Crippen LogP contribution in [0.5, 0.6) is 11.5 Å². The van der Waals surface area contributed by atoms with Crippen LogP contribution in [-0.4, -0.2) is 51.0 Å². The second kappa shape index (κ2) is 5.75. The van der Waals surface area contributed by atoms with Gasteiger partial charge in [0, 0.05) is 26.2 Å². The fraction of sp³-hybridized carbons (Fsp3) is 0.571. The van der Waals surface area contributed by atoms with E-state index in [-0.39, 0.29) is 12.7 Å². The third-order valence-corrected chi connectivity index (χ3v) is 3.69. The predicted octanol–water partition coefficient (Wildman–Crippen LogP) is 1.37. The molecular formula is C14H19FN2O2. The zero-order chi connectivity index (χ0) is 13.1. The molecule has 1 saturated heterocycles. The van der Waals surface area contributed by atoms with Crippen LogP contribution < -0.4 is 14.8 Å². The molecule has 0 unspecified atom stereocenters. The molecule has 104 valence electrons. The Kier molecular flexibility index (Phi) is 3.84. The molecule has 1 N–H and O–H groups in total. The summed E-state index contributed by atoms with van der Waals surface area (Å²) >= 11 is 0. The van der Waals surface area contributed by atoms with Gasteiger partial charge < -0.3 is 14.8 Å². The Balaban J connectivity index is 1.82. The van der Waals surface area contributed by atoms with Crippen molar-refractivity contribution in [1.82, 2.24) is 10.2 Å². The molecule has 5 heteroatoms. The lowest BCUT2D eigenvalue weighted by Crippen LogP contribution is -2.45. The molecule has 0 saturated carbocycles. The highest BCUT2D eigenvalue weighted by molar-refractivity contribution is 5.44. The molecule has 4 nitrogen and oxygen atoms in total. The molecule has 1 aromatic rings. The number of hydrogen-bond donors (Lipinski definition) is 1. The van der Waals surface area contributed by atoms with Crippen molar-refractivity contribution < 1.29 is 13.9 Å². The van der Waals surface area contributed by atoms with Crippen molar-refractivity contribution in [2.24, 2.45) is 0 Å². The lowest BCUT2D eigenvalue weighted by molar-refractivity contribution is 0.145. The first kappa shape index (κ1) is 12.7. The normalized spacial score (nSPS) is 21.1. The minimum Gasteiger partial charge on any atom is -0.486 e. The molecule has 2 aliphatic rings. The Hall–Kier alpha value is -1.33. The van der Waals surface area contributed by atoms with Gasteiger partial charge in [-0.3, -0.25) is 4.90 Å². The molecule has 0 amide bonds. The molecule has 1 aromatic carbocycles. The number of piperazine rings is 1. The zero-order valence-electron chi connectivity index (χ0n) is 10.9. The monoisotopic (exact) mass is 266 g/mol. The van der Waals surface area contributed by atoms with E-state index >= 15 is 0 Å². The summed E-state index contributed by atoms with van der Waals surface area (Å²) in [6.45, 7) is 4.36. The zero-order valence-corrected chi connectivity index (χ0v) is 10.9. The molecule has 0 radical (unpaired) electrons. The topological polar surface area (TPSA) is 33.7 Å². The van der Waals surface area contributed by atoms with Crippen LogP contribution in [0.25, 0.3) is 0 Å². The molecule has 0 aromatic heterocycles. The Morgan fingerprint density at radius 2 is 1.89 bits per heavy atom. The summed E-state index contributed by atoms with van der Waals surface area (Å²) in [5, 5.41) is 3.29. The van der Waals surface area contributed by atoms with Crippen LogP contribution in [0, 0.1) is 0 Å². The molecule has 2 aliphatic heterocycles. The smallest absolute Gasteiger partial charge is 0.161 e. The minimum atomic E-state index is -0.375. The van der Waals surface area contributed by atoms with Gasteiger partial charge in [-0.15, -0.1) is 0 Å². The van der Waals surface area contributed by atoms with E-state index in [2.05, 4.69) is 10.2 Å². The number of nitrogens with one attached hydrogen (secondary N) is 1. The van der Waals surface area contributed by atoms with E-state index in [0.29, 0.717) is 13.2 Å². The van der Waals surface area contributed by atoms with E-state index in [0.717, 1.165) is 43.2 Å². The molecule has 2 heterocycles. The van der Waals surface area contributed by atoms with Gasteiger partial charge in [0.15, 0.2) is 11.5 Å². The molecule has 3 rings (SSSR count). The molecule has 0 aliphatic carbocycles. The summed E-state index contributed by atoms with van der Waals surface area (Å²) in [5.41, 5.74) is 0.966. The summed E-state index contributed by atoms with van der Waals surface area (Å²) in [6.07, 6.45) is 0. The van der Waals surface area contributed by atoms with Gasteiger partial charge >= 0.3 is 0 Å². The Labute approximate surface area is 112 Å². The SMILES string of the molecule is FC[C@@H](c1ccc2c(c1)OCCO2)N1CCNCC1. The fourth-order valence-corrected chi connectivity index (χ4v) is 2.66. The summed E-state index contributed by atoms with van der Waals surface area (Å²) in [6, 6.07) is 5.56. The van der Waals surface area contributed by atoms with Crippen molar-refractivity contribution in [2.45, 2.75) is 6.04 Å². The number of nitrogens with zero attached hydrogens (tertiary/aromatic N) is 1. The van der Waals surface area contributed by atoms with Gasteiger partial charge in [-0.1, -0.05) is 6.07 Å². The van der Waals surface area contributed by atoms with Crippen molar-refractivity contribution in [3.63, 3.8) is 0 Å². The van der Waals surface area contributed by atoms with Crippen LogP contribution in [0.1, 0.15) is 11.6 Å². The van der Waals surface area contributed by atoms with Gasteiger partial charge in [-0.05, 0) is 17.7 Å². The Bertz CT molecular complexity index is 435. The van der Waals surface area contributed by atoms with Crippen LogP contribution in [-0.2, 0) is 0 Å². The molecule has 0 bridgehead atoms. The van der Waals surface area contributed by atoms with Crippen molar-refractivity contribution in [3.8, 4) is 11.5 Å². The second-order valence-corrected chi connectivity index (χ2v) is 4.86. The summed E-state index contributed by atoms with van der Waals surface area (Å²) in [5.74, 6) is 1.49. The maximum absolute atomic E-state index is 13.4. The van der Waals surface area contributed by atoms with Gasteiger partial charge in [0.25, 0.3) is 0 Å². The quantitative estimate of drug-likeness (QED) is 0.896. The largest absolute Gasteiger partial charge is 0.486 e. The standard InChI is InChI=1S/C14H19FN2O2/c15-10-12(17-5-3-16-4-6-17)11-1-2-13-14(9-11)19-8-7-18-13/h1-2,9,12,16H,3-8,10H2/t12-/m0/s1. The molecular weight excluding hydrogens is 247 g/mol. The van der Waals surface area contributed by atoms with Gasteiger partial charge in [0.05, 0.1) is 6.04 Å². The second-order valence-electron chi connectivity index (χ2n) is 4.86. The van der Waals surface area contributed by atoms with E-state index in [1.807, 2.05) is 18.2 Å². The van der Waals surface area contributed by atoms with E-state index < -0.39 is 0 Å². The maximum Gasteiger partial charge on any atom is 0.161 e. The van der Waals surface area contributed by atoms with Crippen LogP contribution in [0.3, 0.4) is 0 Å². The molecule has 1 fully saturated rings. The summed E-state index contributed by atoms with van der Waals surface area (Å²) in [4.78, 5) is 2.18. The van der Waals surface area contributed by atoms with Crippen molar-refractivity contribution >= 4 is 0 Å². The van der Waals surface area contributed by atoms with Crippen LogP contribution >= 0.6 is 0 Å². The first-order valence-corrected chi connectivity index (χ1v) is 6.79. The molecule has 0 spiro atoms. The number of hydrogen-bond acceptors (Lipinski definition) is 4. The average molecular weight is 266 g/mol. The highest BCUT2D eigenvalue weighted by Gasteiger charge is 2.23. The number of halogens is 1. The maximum atomic E-state index is 13.4. The van der Waals surface area contributed by atoms with E-state index in [4.69, 9.17) is 9.47 Å². The van der Waals surface area contributed by atoms with Crippen LogP contribution in [0.2, 0.25) is 0 Å². The lowest BCUT2D eigenvalue weighted by atomic mass is 10.0.